The van der Waals surface area contributed by atoms with E-state index in [9.17, 15) is 10.2 Å². The van der Waals surface area contributed by atoms with E-state index in [2.05, 4.69) is 0 Å². The molecule has 2 N–H and O–H groups in total. The molecule has 0 aromatic heterocycles. The summed E-state index contributed by atoms with van der Waals surface area (Å²) >= 11 is 0. The van der Waals surface area contributed by atoms with Crippen LogP contribution in [0.5, 0.6) is 0 Å². The lowest BCUT2D eigenvalue weighted by molar-refractivity contribution is -0.314. The van der Waals surface area contributed by atoms with Gasteiger partial charge >= 0.3 is 0 Å². The minimum Gasteiger partial charge on any atom is -0.388 e. The molecule has 3 rings (SSSR count). The van der Waals surface area contributed by atoms with Crippen LogP contribution in [0.3, 0.4) is 0 Å². The monoisotopic (exact) mass is 252 g/mol. The molecule has 2 fully saturated rings. The number of hydrogen-bond donors (Lipinski definition) is 2. The molecular formula is C13H16O5. The van der Waals surface area contributed by atoms with Crippen molar-refractivity contribution < 1.29 is 24.4 Å². The van der Waals surface area contributed by atoms with E-state index in [0.717, 1.165) is 5.56 Å². The maximum atomic E-state index is 9.93. The second-order valence-corrected chi connectivity index (χ2v) is 4.61. The Morgan fingerprint density at radius 1 is 1.00 bits per heavy atom. The van der Waals surface area contributed by atoms with Crippen LogP contribution < -0.4 is 0 Å². The average Bonchev–Trinajstić information content (AvgIpc) is 2.44. The molecule has 18 heavy (non-hydrogen) atoms. The van der Waals surface area contributed by atoms with Crippen LogP contribution in [0.2, 0.25) is 0 Å². The normalized spacial score (nSPS) is 40.2. The van der Waals surface area contributed by atoms with Crippen molar-refractivity contribution in [2.24, 2.45) is 0 Å². The molecule has 2 aliphatic heterocycles. The molecule has 2 heterocycles. The Balaban J connectivity index is 1.75. The van der Waals surface area contributed by atoms with Crippen molar-refractivity contribution in [3.63, 3.8) is 0 Å². The molecule has 0 unspecified atom stereocenters. The molecule has 0 amide bonds. The molecule has 0 aliphatic carbocycles. The SMILES string of the molecule is O[C@H]1[C@@H]2O[C@@H](c3ccccc3)OC[C@H]2OC[C@H]1O. The molecule has 1 aromatic rings. The van der Waals surface area contributed by atoms with E-state index in [-0.39, 0.29) is 12.7 Å². The van der Waals surface area contributed by atoms with Gasteiger partial charge in [-0.3, -0.25) is 0 Å². The zero-order chi connectivity index (χ0) is 12.5. The van der Waals surface area contributed by atoms with Crippen molar-refractivity contribution in [1.29, 1.82) is 0 Å². The van der Waals surface area contributed by atoms with Crippen LogP contribution in [-0.4, -0.2) is 47.8 Å². The van der Waals surface area contributed by atoms with Gasteiger partial charge in [-0.1, -0.05) is 30.3 Å². The summed E-state index contributed by atoms with van der Waals surface area (Å²) in [4.78, 5) is 0. The maximum absolute atomic E-state index is 9.93. The van der Waals surface area contributed by atoms with Gasteiger partial charge in [-0.05, 0) is 0 Å². The average molecular weight is 252 g/mol. The fourth-order valence-electron chi connectivity index (χ4n) is 2.31. The smallest absolute Gasteiger partial charge is 0.184 e. The summed E-state index contributed by atoms with van der Waals surface area (Å²) in [6, 6.07) is 9.51. The topological polar surface area (TPSA) is 68.2 Å². The fraction of sp³-hybridized carbons (Fsp3) is 0.538. The number of benzene rings is 1. The zero-order valence-electron chi connectivity index (χ0n) is 9.81. The van der Waals surface area contributed by atoms with Crippen molar-refractivity contribution in [2.75, 3.05) is 13.2 Å². The second-order valence-electron chi connectivity index (χ2n) is 4.61. The quantitative estimate of drug-likeness (QED) is 0.748. The molecule has 2 saturated heterocycles. The third kappa shape index (κ3) is 2.15. The Labute approximate surface area is 105 Å². The molecule has 0 saturated carbocycles. The number of ether oxygens (including phenoxy) is 3. The van der Waals surface area contributed by atoms with Crippen LogP contribution in [-0.2, 0) is 14.2 Å². The summed E-state index contributed by atoms with van der Waals surface area (Å²) in [7, 11) is 0. The number of hydrogen-bond acceptors (Lipinski definition) is 5. The van der Waals surface area contributed by atoms with Crippen LogP contribution in [0.25, 0.3) is 0 Å². The summed E-state index contributed by atoms with van der Waals surface area (Å²) in [5.74, 6) is 0. The van der Waals surface area contributed by atoms with Crippen molar-refractivity contribution in [3.8, 4) is 0 Å². The van der Waals surface area contributed by atoms with Crippen molar-refractivity contribution in [1.82, 2.24) is 0 Å². The number of rotatable bonds is 1. The molecule has 98 valence electrons. The predicted molar refractivity (Wildman–Crippen MR) is 61.8 cm³/mol. The van der Waals surface area contributed by atoms with Gasteiger partial charge in [0.1, 0.15) is 24.4 Å². The van der Waals surface area contributed by atoms with E-state index in [0.29, 0.717) is 6.61 Å². The van der Waals surface area contributed by atoms with E-state index >= 15 is 0 Å². The fourth-order valence-corrected chi connectivity index (χ4v) is 2.31. The molecule has 2 aliphatic rings. The Hall–Kier alpha value is -0.980. The van der Waals surface area contributed by atoms with Gasteiger partial charge in [0.2, 0.25) is 0 Å². The largest absolute Gasteiger partial charge is 0.388 e. The Morgan fingerprint density at radius 2 is 1.78 bits per heavy atom. The summed E-state index contributed by atoms with van der Waals surface area (Å²) in [5.41, 5.74) is 0.892. The van der Waals surface area contributed by atoms with E-state index in [1.54, 1.807) is 0 Å². The van der Waals surface area contributed by atoms with Crippen LogP contribution >= 0.6 is 0 Å². The number of aliphatic hydroxyl groups excluding tert-OH is 2. The highest BCUT2D eigenvalue weighted by molar-refractivity contribution is 5.16. The third-order valence-electron chi connectivity index (χ3n) is 3.34. The summed E-state index contributed by atoms with van der Waals surface area (Å²) < 4.78 is 16.7. The van der Waals surface area contributed by atoms with E-state index in [1.807, 2.05) is 30.3 Å². The lowest BCUT2D eigenvalue weighted by Crippen LogP contribution is -2.58. The molecule has 0 radical (unpaired) electrons. The Morgan fingerprint density at radius 3 is 2.56 bits per heavy atom. The predicted octanol–water partition coefficient (Wildman–Crippen LogP) is 0.221. The highest BCUT2D eigenvalue weighted by atomic mass is 16.7. The minimum atomic E-state index is -0.932. The van der Waals surface area contributed by atoms with Gasteiger partial charge in [-0.2, -0.15) is 0 Å². The number of fused-ring (bicyclic) bond motifs is 1. The lowest BCUT2D eigenvalue weighted by atomic mass is 9.99. The minimum absolute atomic E-state index is 0.116. The lowest BCUT2D eigenvalue weighted by Gasteiger charge is -2.43. The van der Waals surface area contributed by atoms with Crippen LogP contribution in [0.1, 0.15) is 11.9 Å². The third-order valence-corrected chi connectivity index (χ3v) is 3.34. The molecular weight excluding hydrogens is 236 g/mol. The molecule has 0 bridgehead atoms. The first-order valence-electron chi connectivity index (χ1n) is 6.05. The van der Waals surface area contributed by atoms with Gasteiger partial charge in [-0.15, -0.1) is 0 Å². The molecule has 1 aromatic carbocycles. The maximum Gasteiger partial charge on any atom is 0.184 e. The standard InChI is InChI=1S/C13H16O5/c14-9-6-16-10-7-17-13(18-12(10)11(9)15)8-4-2-1-3-5-8/h1-5,9-15H,6-7H2/t9-,10-,11-,12-,13+/m1/s1. The Kier molecular flexibility index (Phi) is 3.32. The van der Waals surface area contributed by atoms with Gasteiger partial charge < -0.3 is 24.4 Å². The summed E-state index contributed by atoms with van der Waals surface area (Å²) in [5, 5.41) is 19.5. The Bertz CT molecular complexity index is 394. The highest BCUT2D eigenvalue weighted by Gasteiger charge is 2.44. The van der Waals surface area contributed by atoms with Gasteiger partial charge in [0.05, 0.1) is 13.2 Å². The number of aliphatic hydroxyl groups is 2. The highest BCUT2D eigenvalue weighted by Crippen LogP contribution is 2.31. The van der Waals surface area contributed by atoms with E-state index < -0.39 is 24.6 Å². The second kappa shape index (κ2) is 4.95. The molecule has 5 atom stereocenters. The first-order chi connectivity index (χ1) is 8.75. The summed E-state index contributed by atoms with van der Waals surface area (Å²) in [6.07, 6.45) is -3.22. The van der Waals surface area contributed by atoms with Crippen molar-refractivity contribution in [3.05, 3.63) is 35.9 Å². The van der Waals surface area contributed by atoms with Crippen LogP contribution in [0.15, 0.2) is 30.3 Å². The van der Waals surface area contributed by atoms with E-state index in [4.69, 9.17) is 14.2 Å². The molecule has 5 heteroatoms. The van der Waals surface area contributed by atoms with Crippen LogP contribution in [0.4, 0.5) is 0 Å². The van der Waals surface area contributed by atoms with Gasteiger partial charge in [0, 0.05) is 5.56 Å². The first kappa shape index (κ1) is 12.1. The van der Waals surface area contributed by atoms with Gasteiger partial charge in [0.25, 0.3) is 0 Å². The van der Waals surface area contributed by atoms with E-state index in [1.165, 1.54) is 0 Å². The molecule has 5 nitrogen and oxygen atoms in total. The van der Waals surface area contributed by atoms with Crippen molar-refractivity contribution >= 4 is 0 Å². The summed E-state index contributed by atoms with van der Waals surface area (Å²) in [6.45, 7) is 0.471. The van der Waals surface area contributed by atoms with Crippen molar-refractivity contribution in [2.45, 2.75) is 30.7 Å². The zero-order valence-corrected chi connectivity index (χ0v) is 9.81. The first-order valence-corrected chi connectivity index (χ1v) is 6.05. The van der Waals surface area contributed by atoms with Crippen LogP contribution in [0, 0.1) is 0 Å². The molecule has 0 spiro atoms. The van der Waals surface area contributed by atoms with Gasteiger partial charge in [-0.25, -0.2) is 0 Å². The van der Waals surface area contributed by atoms with Gasteiger partial charge in [0.15, 0.2) is 6.29 Å².